The third-order valence-electron chi connectivity index (χ3n) is 3.32. The quantitative estimate of drug-likeness (QED) is 0.842. The predicted octanol–water partition coefficient (Wildman–Crippen LogP) is 2.75. The highest BCUT2D eigenvalue weighted by molar-refractivity contribution is 7.99. The van der Waals surface area contributed by atoms with Crippen LogP contribution in [0.5, 0.6) is 0 Å². The Morgan fingerprint density at radius 1 is 1.58 bits per heavy atom. The highest BCUT2D eigenvalue weighted by Crippen LogP contribution is 2.24. The van der Waals surface area contributed by atoms with Crippen LogP contribution in [0.3, 0.4) is 0 Å². The Kier molecular flexibility index (Phi) is 5.34. The van der Waals surface area contributed by atoms with Crippen LogP contribution < -0.4 is 5.32 Å². The van der Waals surface area contributed by atoms with Crippen molar-refractivity contribution in [1.29, 1.82) is 0 Å². The predicted molar refractivity (Wildman–Crippen MR) is 76.6 cm³/mol. The second kappa shape index (κ2) is 7.01. The van der Waals surface area contributed by atoms with Gasteiger partial charge in [0, 0.05) is 11.8 Å². The first-order chi connectivity index (χ1) is 9.20. The third-order valence-corrected chi connectivity index (χ3v) is 4.72. The summed E-state index contributed by atoms with van der Waals surface area (Å²) in [5, 5.41) is 4.12. The Morgan fingerprint density at radius 2 is 2.42 bits per heavy atom. The standard InChI is InChI=1S/C14H21NO3S/c1-10-13(14(16)17-2)7-11(18-10)8-15-9-12-5-3-4-6-19-12/h7,12,15H,3-6,8-9H2,1-2H3. The summed E-state index contributed by atoms with van der Waals surface area (Å²) in [7, 11) is 1.38. The first-order valence-corrected chi connectivity index (χ1v) is 7.75. The van der Waals surface area contributed by atoms with E-state index in [-0.39, 0.29) is 5.97 Å². The summed E-state index contributed by atoms with van der Waals surface area (Å²) in [5.41, 5.74) is 0.520. The molecule has 2 heterocycles. The van der Waals surface area contributed by atoms with Crippen LogP contribution in [0.15, 0.2) is 10.5 Å². The van der Waals surface area contributed by atoms with Gasteiger partial charge in [0.2, 0.25) is 0 Å². The highest BCUT2D eigenvalue weighted by atomic mass is 32.2. The van der Waals surface area contributed by atoms with Crippen molar-refractivity contribution in [2.45, 2.75) is 38.0 Å². The van der Waals surface area contributed by atoms with Crippen molar-refractivity contribution in [3.05, 3.63) is 23.2 Å². The molecular formula is C14H21NO3S. The number of methoxy groups -OCH3 is 1. The molecule has 5 heteroatoms. The number of thioether (sulfide) groups is 1. The third kappa shape index (κ3) is 4.01. The summed E-state index contributed by atoms with van der Waals surface area (Å²) in [6.07, 6.45) is 3.98. The monoisotopic (exact) mass is 283 g/mol. The van der Waals surface area contributed by atoms with Gasteiger partial charge in [-0.3, -0.25) is 0 Å². The van der Waals surface area contributed by atoms with E-state index in [1.165, 1.54) is 32.1 Å². The van der Waals surface area contributed by atoms with Crippen molar-refractivity contribution < 1.29 is 13.9 Å². The summed E-state index contributed by atoms with van der Waals surface area (Å²) < 4.78 is 10.3. The fourth-order valence-electron chi connectivity index (χ4n) is 2.27. The van der Waals surface area contributed by atoms with Gasteiger partial charge < -0.3 is 14.5 Å². The first-order valence-electron chi connectivity index (χ1n) is 6.70. The molecule has 0 radical (unpaired) electrons. The zero-order valence-corrected chi connectivity index (χ0v) is 12.3. The SMILES string of the molecule is COC(=O)c1cc(CNCC2CCCCS2)oc1C. The van der Waals surface area contributed by atoms with Gasteiger partial charge in [-0.05, 0) is 31.6 Å². The molecule has 4 nitrogen and oxygen atoms in total. The summed E-state index contributed by atoms with van der Waals surface area (Å²) in [6.45, 7) is 3.44. The van der Waals surface area contributed by atoms with Gasteiger partial charge in [-0.15, -0.1) is 0 Å². The highest BCUT2D eigenvalue weighted by Gasteiger charge is 2.16. The zero-order valence-electron chi connectivity index (χ0n) is 11.5. The van der Waals surface area contributed by atoms with E-state index in [4.69, 9.17) is 9.15 Å². The molecule has 2 rings (SSSR count). The van der Waals surface area contributed by atoms with Gasteiger partial charge in [0.05, 0.1) is 13.7 Å². The topological polar surface area (TPSA) is 51.5 Å². The number of rotatable bonds is 5. The molecule has 0 aromatic carbocycles. The number of hydrogen-bond acceptors (Lipinski definition) is 5. The Hall–Kier alpha value is -0.940. The molecule has 1 unspecified atom stereocenters. The normalized spacial score (nSPS) is 19.4. The van der Waals surface area contributed by atoms with E-state index in [1.54, 1.807) is 13.0 Å². The molecule has 1 saturated heterocycles. The van der Waals surface area contributed by atoms with Crippen molar-refractivity contribution in [2.75, 3.05) is 19.4 Å². The van der Waals surface area contributed by atoms with E-state index in [0.29, 0.717) is 23.1 Å². The number of carbonyl (C=O) groups is 1. The minimum Gasteiger partial charge on any atom is -0.465 e. The molecule has 19 heavy (non-hydrogen) atoms. The molecule has 0 saturated carbocycles. The van der Waals surface area contributed by atoms with E-state index in [9.17, 15) is 4.79 Å². The smallest absolute Gasteiger partial charge is 0.341 e. The lowest BCUT2D eigenvalue weighted by Crippen LogP contribution is -2.26. The van der Waals surface area contributed by atoms with Gasteiger partial charge in [0.25, 0.3) is 0 Å². The molecule has 1 fully saturated rings. The van der Waals surface area contributed by atoms with Crippen molar-refractivity contribution >= 4 is 17.7 Å². The average molecular weight is 283 g/mol. The second-order valence-electron chi connectivity index (χ2n) is 4.79. The number of nitrogens with one attached hydrogen (secondary N) is 1. The molecule has 1 atom stereocenters. The lowest BCUT2D eigenvalue weighted by molar-refractivity contribution is 0.0599. The van der Waals surface area contributed by atoms with Crippen LogP contribution >= 0.6 is 11.8 Å². The summed E-state index contributed by atoms with van der Waals surface area (Å²) >= 11 is 2.05. The van der Waals surface area contributed by atoms with Crippen LogP contribution in [-0.4, -0.2) is 30.6 Å². The molecule has 0 aliphatic carbocycles. The van der Waals surface area contributed by atoms with Gasteiger partial charge in [0.1, 0.15) is 17.1 Å². The maximum Gasteiger partial charge on any atom is 0.341 e. The largest absolute Gasteiger partial charge is 0.465 e. The molecule has 1 N–H and O–H groups in total. The van der Waals surface area contributed by atoms with Crippen molar-refractivity contribution in [1.82, 2.24) is 5.32 Å². The zero-order chi connectivity index (χ0) is 13.7. The molecule has 0 spiro atoms. The molecule has 106 valence electrons. The molecule has 0 amide bonds. The van der Waals surface area contributed by atoms with Crippen LogP contribution in [0.1, 0.15) is 41.1 Å². The van der Waals surface area contributed by atoms with E-state index >= 15 is 0 Å². The van der Waals surface area contributed by atoms with Gasteiger partial charge in [-0.2, -0.15) is 11.8 Å². The Labute approximate surface area is 118 Å². The Balaban J connectivity index is 1.81. The fraction of sp³-hybridized carbons (Fsp3) is 0.643. The summed E-state index contributed by atoms with van der Waals surface area (Å²) in [4.78, 5) is 11.5. The number of ether oxygens (including phenoxy) is 1. The average Bonchev–Trinajstić information content (AvgIpc) is 2.80. The maximum atomic E-state index is 11.5. The number of esters is 1. The fourth-order valence-corrected chi connectivity index (χ4v) is 3.54. The number of hydrogen-bond donors (Lipinski definition) is 1. The minimum absolute atomic E-state index is 0.338. The van der Waals surface area contributed by atoms with Crippen molar-refractivity contribution in [3.8, 4) is 0 Å². The lowest BCUT2D eigenvalue weighted by Gasteiger charge is -2.21. The van der Waals surface area contributed by atoms with Crippen molar-refractivity contribution in [2.24, 2.45) is 0 Å². The van der Waals surface area contributed by atoms with E-state index < -0.39 is 0 Å². The first kappa shape index (κ1) is 14.5. The van der Waals surface area contributed by atoms with Crippen molar-refractivity contribution in [3.63, 3.8) is 0 Å². The molecule has 1 aromatic rings. The number of aryl methyl sites for hydroxylation is 1. The molecule has 0 bridgehead atoms. The maximum absolute atomic E-state index is 11.5. The molecular weight excluding hydrogens is 262 g/mol. The van der Waals surface area contributed by atoms with E-state index in [2.05, 4.69) is 5.32 Å². The van der Waals surface area contributed by atoms with E-state index in [0.717, 1.165) is 12.3 Å². The Bertz CT molecular complexity index is 424. The molecule has 1 aliphatic rings. The number of furan rings is 1. The van der Waals surface area contributed by atoms with Gasteiger partial charge in [-0.1, -0.05) is 6.42 Å². The summed E-state index contributed by atoms with van der Waals surface area (Å²) in [5.74, 6) is 2.35. The molecule has 1 aromatic heterocycles. The van der Waals surface area contributed by atoms with Crippen LogP contribution in [0.2, 0.25) is 0 Å². The second-order valence-corrected chi connectivity index (χ2v) is 6.20. The van der Waals surface area contributed by atoms with E-state index in [1.807, 2.05) is 11.8 Å². The van der Waals surface area contributed by atoms with Crippen LogP contribution in [0, 0.1) is 6.92 Å². The van der Waals surface area contributed by atoms with Gasteiger partial charge in [0.15, 0.2) is 0 Å². The van der Waals surface area contributed by atoms with Crippen LogP contribution in [-0.2, 0) is 11.3 Å². The van der Waals surface area contributed by atoms with Gasteiger partial charge >= 0.3 is 5.97 Å². The van der Waals surface area contributed by atoms with Crippen LogP contribution in [0.4, 0.5) is 0 Å². The minimum atomic E-state index is -0.338. The van der Waals surface area contributed by atoms with Crippen LogP contribution in [0.25, 0.3) is 0 Å². The molecule has 1 aliphatic heterocycles. The van der Waals surface area contributed by atoms with Gasteiger partial charge in [-0.25, -0.2) is 4.79 Å². The number of carbonyl (C=O) groups excluding carboxylic acids is 1. The Morgan fingerprint density at radius 3 is 3.11 bits per heavy atom. The lowest BCUT2D eigenvalue weighted by atomic mass is 10.2. The summed E-state index contributed by atoms with van der Waals surface area (Å²) in [6, 6.07) is 1.77.